The number of aryl methyl sites for hydroxylation is 1. The molecule has 128 valence electrons. The van der Waals surface area contributed by atoms with Crippen molar-refractivity contribution in [2.24, 2.45) is 5.92 Å². The van der Waals surface area contributed by atoms with Gasteiger partial charge in [0.15, 0.2) is 11.6 Å². The summed E-state index contributed by atoms with van der Waals surface area (Å²) in [7, 11) is 0. The number of aromatic nitrogens is 1. The van der Waals surface area contributed by atoms with E-state index in [4.69, 9.17) is 9.15 Å². The van der Waals surface area contributed by atoms with Gasteiger partial charge in [0, 0.05) is 19.0 Å². The minimum Gasteiger partial charge on any atom is -0.489 e. The lowest BCUT2D eigenvalue weighted by Crippen LogP contribution is -2.18. The number of furan rings is 1. The summed E-state index contributed by atoms with van der Waals surface area (Å²) in [6, 6.07) is 7.38. The van der Waals surface area contributed by atoms with Crippen molar-refractivity contribution in [3.63, 3.8) is 0 Å². The zero-order valence-corrected chi connectivity index (χ0v) is 13.9. The van der Waals surface area contributed by atoms with Gasteiger partial charge in [0.25, 0.3) is 0 Å². The van der Waals surface area contributed by atoms with Crippen LogP contribution >= 0.6 is 0 Å². The number of amides is 1. The maximum atomic E-state index is 12.1. The second-order valence-corrected chi connectivity index (χ2v) is 6.29. The molecule has 0 spiro atoms. The minimum atomic E-state index is -0.0902. The third kappa shape index (κ3) is 4.85. The molecule has 0 aromatic carbocycles. The average molecular weight is 328 g/mol. The van der Waals surface area contributed by atoms with Crippen molar-refractivity contribution >= 4 is 11.7 Å². The highest BCUT2D eigenvalue weighted by atomic mass is 16.5. The maximum Gasteiger partial charge on any atom is 0.226 e. The molecule has 24 heavy (non-hydrogen) atoms. The Morgan fingerprint density at radius 2 is 2.12 bits per heavy atom. The molecule has 2 aromatic rings. The van der Waals surface area contributed by atoms with Crippen molar-refractivity contribution < 1.29 is 13.9 Å². The van der Waals surface area contributed by atoms with Crippen LogP contribution < -0.4 is 10.1 Å². The first-order valence-corrected chi connectivity index (χ1v) is 8.71. The molecule has 1 aliphatic carbocycles. The Morgan fingerprint density at radius 1 is 1.25 bits per heavy atom. The molecule has 3 rings (SSSR count). The number of anilines is 1. The zero-order valence-electron chi connectivity index (χ0n) is 13.9. The summed E-state index contributed by atoms with van der Waals surface area (Å²) in [5, 5.41) is 2.84. The molecule has 0 saturated heterocycles. The molecule has 1 amide bonds. The topological polar surface area (TPSA) is 64.4 Å². The molecule has 0 bridgehead atoms. The van der Waals surface area contributed by atoms with E-state index < -0.39 is 0 Å². The molecule has 5 heteroatoms. The molecule has 1 fully saturated rings. The van der Waals surface area contributed by atoms with E-state index in [0.717, 1.165) is 5.76 Å². The van der Waals surface area contributed by atoms with Gasteiger partial charge in [-0.05, 0) is 43.0 Å². The fourth-order valence-electron chi connectivity index (χ4n) is 3.05. The third-order valence-corrected chi connectivity index (χ3v) is 4.41. The van der Waals surface area contributed by atoms with Crippen LogP contribution in [0.15, 0.2) is 41.1 Å². The van der Waals surface area contributed by atoms with Gasteiger partial charge >= 0.3 is 0 Å². The summed E-state index contributed by atoms with van der Waals surface area (Å²) in [6.07, 6.45) is 10.6. The molecule has 1 N–H and O–H groups in total. The second kappa shape index (κ2) is 8.52. The van der Waals surface area contributed by atoms with E-state index >= 15 is 0 Å². The van der Waals surface area contributed by atoms with Crippen LogP contribution in [-0.4, -0.2) is 17.5 Å². The van der Waals surface area contributed by atoms with Crippen molar-refractivity contribution in [3.05, 3.63) is 42.5 Å². The predicted octanol–water partition coefficient (Wildman–Crippen LogP) is 4.21. The van der Waals surface area contributed by atoms with E-state index in [1.165, 1.54) is 32.1 Å². The largest absolute Gasteiger partial charge is 0.489 e. The van der Waals surface area contributed by atoms with Gasteiger partial charge < -0.3 is 14.5 Å². The molecule has 1 saturated carbocycles. The number of nitrogens with zero attached hydrogens (tertiary/aromatic N) is 1. The maximum absolute atomic E-state index is 12.1. The number of carbonyl (C=O) groups is 1. The van der Waals surface area contributed by atoms with Crippen LogP contribution in [0.25, 0.3) is 0 Å². The smallest absolute Gasteiger partial charge is 0.226 e. The number of hydrogen-bond donors (Lipinski definition) is 1. The first-order chi connectivity index (χ1) is 11.8. The Balaban J connectivity index is 1.51. The lowest BCUT2D eigenvalue weighted by Gasteiger charge is -2.22. The van der Waals surface area contributed by atoms with Gasteiger partial charge in [-0.1, -0.05) is 19.3 Å². The molecule has 2 aromatic heterocycles. The Labute approximate surface area is 142 Å². The normalized spacial score (nSPS) is 15.2. The average Bonchev–Trinajstić information content (AvgIpc) is 3.14. The molecule has 0 unspecified atom stereocenters. The molecule has 0 radical (unpaired) electrons. The Hall–Kier alpha value is -2.30. The van der Waals surface area contributed by atoms with Gasteiger partial charge in [-0.25, -0.2) is 4.98 Å². The minimum absolute atomic E-state index is 0.0902. The first kappa shape index (κ1) is 16.6. The SMILES string of the molecule is O=C(CCc1ccco1)Nc1ncccc1OCC1CCCCC1. The first-order valence-electron chi connectivity index (χ1n) is 8.71. The van der Waals surface area contributed by atoms with Crippen molar-refractivity contribution in [3.8, 4) is 5.75 Å². The number of rotatable bonds is 7. The highest BCUT2D eigenvalue weighted by Crippen LogP contribution is 2.27. The van der Waals surface area contributed by atoms with Crippen molar-refractivity contribution in [2.45, 2.75) is 44.9 Å². The van der Waals surface area contributed by atoms with Gasteiger partial charge in [0.2, 0.25) is 5.91 Å². The summed E-state index contributed by atoms with van der Waals surface area (Å²) < 4.78 is 11.2. The van der Waals surface area contributed by atoms with Crippen LogP contribution in [0.5, 0.6) is 5.75 Å². The van der Waals surface area contributed by atoms with Gasteiger partial charge in [-0.15, -0.1) is 0 Å². The molecule has 0 atom stereocenters. The van der Waals surface area contributed by atoms with E-state index in [2.05, 4.69) is 10.3 Å². The Kier molecular flexibility index (Phi) is 5.88. The van der Waals surface area contributed by atoms with Crippen LogP contribution in [0.1, 0.15) is 44.3 Å². The fraction of sp³-hybridized carbons (Fsp3) is 0.474. The summed E-state index contributed by atoms with van der Waals surface area (Å²) in [4.78, 5) is 16.4. The standard InChI is InChI=1S/C19H24N2O3/c22-18(11-10-16-8-5-13-23-16)21-19-17(9-4-12-20-19)24-14-15-6-2-1-3-7-15/h4-5,8-9,12-13,15H,1-3,6-7,10-11,14H2,(H,20,21,22). The Morgan fingerprint density at radius 3 is 2.92 bits per heavy atom. The van der Waals surface area contributed by atoms with E-state index in [1.807, 2.05) is 24.3 Å². The quantitative estimate of drug-likeness (QED) is 0.827. The van der Waals surface area contributed by atoms with E-state index in [9.17, 15) is 4.79 Å². The molecule has 5 nitrogen and oxygen atoms in total. The van der Waals surface area contributed by atoms with Crippen LogP contribution in [0, 0.1) is 5.92 Å². The molecular weight excluding hydrogens is 304 g/mol. The lowest BCUT2D eigenvalue weighted by atomic mass is 9.90. The summed E-state index contributed by atoms with van der Waals surface area (Å²) in [5.41, 5.74) is 0. The summed E-state index contributed by atoms with van der Waals surface area (Å²) in [5.74, 6) is 2.47. The van der Waals surface area contributed by atoms with Crippen LogP contribution in [0.3, 0.4) is 0 Å². The van der Waals surface area contributed by atoms with Crippen molar-refractivity contribution in [1.82, 2.24) is 4.98 Å². The highest BCUT2D eigenvalue weighted by Gasteiger charge is 2.16. The van der Waals surface area contributed by atoms with Crippen LogP contribution in [0.2, 0.25) is 0 Å². The number of ether oxygens (including phenoxy) is 1. The third-order valence-electron chi connectivity index (χ3n) is 4.41. The molecule has 0 aliphatic heterocycles. The number of pyridine rings is 1. The van der Waals surface area contributed by atoms with Gasteiger partial charge in [-0.2, -0.15) is 0 Å². The molecular formula is C19H24N2O3. The van der Waals surface area contributed by atoms with E-state index in [-0.39, 0.29) is 5.91 Å². The Bertz CT molecular complexity index is 634. The zero-order chi connectivity index (χ0) is 16.6. The van der Waals surface area contributed by atoms with Crippen molar-refractivity contribution in [1.29, 1.82) is 0 Å². The number of nitrogens with one attached hydrogen (secondary N) is 1. The molecule has 1 aliphatic rings. The van der Waals surface area contributed by atoms with Gasteiger partial charge in [0.1, 0.15) is 5.76 Å². The fourth-order valence-corrected chi connectivity index (χ4v) is 3.05. The van der Waals surface area contributed by atoms with Gasteiger partial charge in [0.05, 0.1) is 12.9 Å². The monoisotopic (exact) mass is 328 g/mol. The summed E-state index contributed by atoms with van der Waals surface area (Å²) in [6.45, 7) is 0.695. The summed E-state index contributed by atoms with van der Waals surface area (Å²) >= 11 is 0. The number of carbonyl (C=O) groups excluding carboxylic acids is 1. The van der Waals surface area contributed by atoms with E-state index in [1.54, 1.807) is 12.5 Å². The van der Waals surface area contributed by atoms with Crippen LogP contribution in [0.4, 0.5) is 5.82 Å². The second-order valence-electron chi connectivity index (χ2n) is 6.29. The van der Waals surface area contributed by atoms with Crippen molar-refractivity contribution in [2.75, 3.05) is 11.9 Å². The van der Waals surface area contributed by atoms with Gasteiger partial charge in [-0.3, -0.25) is 4.79 Å². The predicted molar refractivity (Wildman–Crippen MR) is 92.0 cm³/mol. The van der Waals surface area contributed by atoms with Crippen LogP contribution in [-0.2, 0) is 11.2 Å². The van der Waals surface area contributed by atoms with E-state index in [0.29, 0.717) is 36.9 Å². The highest BCUT2D eigenvalue weighted by molar-refractivity contribution is 5.91. The molecule has 2 heterocycles. The number of hydrogen-bond acceptors (Lipinski definition) is 4. The lowest BCUT2D eigenvalue weighted by molar-refractivity contribution is -0.116.